The maximum absolute atomic E-state index is 13.0. The zero-order chi connectivity index (χ0) is 19.5. The summed E-state index contributed by atoms with van der Waals surface area (Å²) in [6.07, 6.45) is 0.919. The van der Waals surface area contributed by atoms with Gasteiger partial charge in [-0.1, -0.05) is 66.4 Å². The number of nitrogens with zero attached hydrogens (tertiary/aromatic N) is 4. The average Bonchev–Trinajstić information content (AvgIpc) is 3.07. The summed E-state index contributed by atoms with van der Waals surface area (Å²) in [5.74, 6) is 1.02. The van der Waals surface area contributed by atoms with E-state index in [0.29, 0.717) is 13.1 Å². The molecule has 5 nitrogen and oxygen atoms in total. The van der Waals surface area contributed by atoms with E-state index >= 15 is 0 Å². The molecule has 0 N–H and O–H groups in total. The van der Waals surface area contributed by atoms with Gasteiger partial charge in [0.1, 0.15) is 5.82 Å². The lowest BCUT2D eigenvalue weighted by atomic mass is 10.00. The first-order valence-electron chi connectivity index (χ1n) is 9.58. The van der Waals surface area contributed by atoms with Gasteiger partial charge < -0.3 is 9.47 Å². The number of hydrogen-bond acceptors (Lipinski definition) is 4. The molecule has 2 aromatic carbocycles. The fraction of sp³-hybridized carbons (Fsp3) is 0.318. The molecule has 6 heteroatoms. The van der Waals surface area contributed by atoms with Crippen molar-refractivity contribution in [1.82, 2.24) is 19.7 Å². The highest BCUT2D eigenvalue weighted by atomic mass is 32.2. The minimum atomic E-state index is -0.205. The van der Waals surface area contributed by atoms with Gasteiger partial charge in [-0.3, -0.25) is 4.79 Å². The Balaban J connectivity index is 1.45. The Morgan fingerprint density at radius 2 is 1.79 bits per heavy atom. The van der Waals surface area contributed by atoms with Crippen LogP contribution in [0.4, 0.5) is 0 Å². The van der Waals surface area contributed by atoms with Gasteiger partial charge in [0.2, 0.25) is 5.91 Å². The van der Waals surface area contributed by atoms with Crippen molar-refractivity contribution in [2.75, 3.05) is 6.54 Å². The molecule has 0 saturated heterocycles. The van der Waals surface area contributed by atoms with Crippen molar-refractivity contribution in [1.29, 1.82) is 0 Å². The van der Waals surface area contributed by atoms with E-state index in [-0.39, 0.29) is 11.2 Å². The highest BCUT2D eigenvalue weighted by Crippen LogP contribution is 2.27. The molecule has 4 rings (SSSR count). The molecule has 0 fully saturated rings. The van der Waals surface area contributed by atoms with E-state index in [1.807, 2.05) is 43.0 Å². The third-order valence-corrected chi connectivity index (χ3v) is 6.23. The SMILES string of the molecule is Cc1nnc(S[C@H](C)C(=O)N2CCc3ccccc3C2)n1Cc1ccccc1. The minimum Gasteiger partial charge on any atom is -0.337 e. The molecule has 2 heterocycles. The Hall–Kier alpha value is -2.60. The predicted octanol–water partition coefficient (Wildman–Crippen LogP) is 3.70. The molecule has 1 aromatic heterocycles. The number of benzene rings is 2. The van der Waals surface area contributed by atoms with E-state index in [0.717, 1.165) is 23.9 Å². The minimum absolute atomic E-state index is 0.159. The lowest BCUT2D eigenvalue weighted by Gasteiger charge is -2.30. The Bertz CT molecular complexity index is 970. The van der Waals surface area contributed by atoms with E-state index in [1.165, 1.54) is 28.5 Å². The number of hydrogen-bond donors (Lipinski definition) is 0. The van der Waals surface area contributed by atoms with Crippen LogP contribution in [-0.4, -0.2) is 37.4 Å². The number of amides is 1. The summed E-state index contributed by atoms with van der Waals surface area (Å²) in [5, 5.41) is 9.14. The zero-order valence-corrected chi connectivity index (χ0v) is 17.0. The number of thioether (sulfide) groups is 1. The van der Waals surface area contributed by atoms with Crippen molar-refractivity contribution >= 4 is 17.7 Å². The molecule has 1 atom stereocenters. The maximum Gasteiger partial charge on any atom is 0.236 e. The van der Waals surface area contributed by atoms with Crippen LogP contribution in [0.5, 0.6) is 0 Å². The van der Waals surface area contributed by atoms with E-state index < -0.39 is 0 Å². The van der Waals surface area contributed by atoms with Crippen molar-refractivity contribution < 1.29 is 4.79 Å². The molecule has 0 unspecified atom stereocenters. The molecule has 1 aliphatic heterocycles. The molecule has 3 aromatic rings. The van der Waals surface area contributed by atoms with Crippen molar-refractivity contribution in [2.45, 2.75) is 43.8 Å². The number of aryl methyl sites for hydroxylation is 1. The first-order chi connectivity index (χ1) is 13.6. The van der Waals surface area contributed by atoms with Crippen LogP contribution in [0.2, 0.25) is 0 Å². The van der Waals surface area contributed by atoms with Crippen LogP contribution < -0.4 is 0 Å². The third kappa shape index (κ3) is 3.97. The summed E-state index contributed by atoms with van der Waals surface area (Å²) in [6.45, 7) is 6.09. The Morgan fingerprint density at radius 1 is 1.07 bits per heavy atom. The standard InChI is InChI=1S/C22H24N4OS/c1-16(21(27)25-13-12-19-10-6-7-11-20(19)15-25)28-22-24-23-17(2)26(22)14-18-8-4-3-5-9-18/h3-11,16H,12-15H2,1-2H3/t16-/m1/s1. The molecular formula is C22H24N4OS. The first kappa shape index (κ1) is 18.7. The summed E-state index contributed by atoms with van der Waals surface area (Å²) in [4.78, 5) is 15.0. The van der Waals surface area contributed by atoms with E-state index in [4.69, 9.17) is 0 Å². The molecule has 0 radical (unpaired) electrons. The summed E-state index contributed by atoms with van der Waals surface area (Å²) >= 11 is 1.49. The zero-order valence-electron chi connectivity index (χ0n) is 16.2. The Morgan fingerprint density at radius 3 is 2.57 bits per heavy atom. The largest absolute Gasteiger partial charge is 0.337 e. The lowest BCUT2D eigenvalue weighted by molar-refractivity contribution is -0.131. The molecule has 1 aliphatic rings. The van der Waals surface area contributed by atoms with E-state index in [9.17, 15) is 4.79 Å². The topological polar surface area (TPSA) is 51.0 Å². The second kappa shape index (κ2) is 8.19. The van der Waals surface area contributed by atoms with Crippen LogP contribution in [-0.2, 0) is 24.3 Å². The molecule has 1 amide bonds. The second-order valence-electron chi connectivity index (χ2n) is 7.14. The second-order valence-corrected chi connectivity index (χ2v) is 8.45. The van der Waals surface area contributed by atoms with Crippen LogP contribution in [0.3, 0.4) is 0 Å². The number of rotatable bonds is 5. The van der Waals surface area contributed by atoms with Gasteiger partial charge in [-0.25, -0.2) is 0 Å². The fourth-order valence-corrected chi connectivity index (χ4v) is 4.52. The van der Waals surface area contributed by atoms with Gasteiger partial charge in [-0.2, -0.15) is 0 Å². The van der Waals surface area contributed by atoms with Gasteiger partial charge >= 0.3 is 0 Å². The fourth-order valence-electron chi connectivity index (χ4n) is 3.55. The highest BCUT2D eigenvalue weighted by molar-refractivity contribution is 8.00. The average molecular weight is 393 g/mol. The molecule has 144 valence electrons. The lowest BCUT2D eigenvalue weighted by Crippen LogP contribution is -2.40. The highest BCUT2D eigenvalue weighted by Gasteiger charge is 2.26. The van der Waals surface area contributed by atoms with Gasteiger partial charge in [-0.15, -0.1) is 10.2 Å². The third-order valence-electron chi connectivity index (χ3n) is 5.16. The monoisotopic (exact) mass is 392 g/mol. The molecule has 28 heavy (non-hydrogen) atoms. The van der Waals surface area contributed by atoms with E-state index in [1.54, 1.807) is 0 Å². The molecule has 0 spiro atoms. The Labute approximate surface area is 169 Å². The van der Waals surface area contributed by atoms with Crippen molar-refractivity contribution in [2.24, 2.45) is 0 Å². The van der Waals surface area contributed by atoms with Crippen LogP contribution in [0.15, 0.2) is 59.8 Å². The molecular weight excluding hydrogens is 368 g/mol. The van der Waals surface area contributed by atoms with Crippen molar-refractivity contribution in [3.05, 3.63) is 77.1 Å². The quantitative estimate of drug-likeness (QED) is 0.621. The Kier molecular flexibility index (Phi) is 5.48. The number of fused-ring (bicyclic) bond motifs is 1. The number of carbonyl (C=O) groups is 1. The van der Waals surface area contributed by atoms with Gasteiger partial charge in [-0.05, 0) is 37.0 Å². The number of aromatic nitrogens is 3. The molecule has 0 bridgehead atoms. The summed E-state index contributed by atoms with van der Waals surface area (Å²) in [5.41, 5.74) is 3.80. The smallest absolute Gasteiger partial charge is 0.236 e. The van der Waals surface area contributed by atoms with Gasteiger partial charge in [0.05, 0.1) is 11.8 Å². The first-order valence-corrected chi connectivity index (χ1v) is 10.5. The molecule has 0 saturated carbocycles. The maximum atomic E-state index is 13.0. The number of carbonyl (C=O) groups excluding carboxylic acids is 1. The van der Waals surface area contributed by atoms with Gasteiger partial charge in [0.15, 0.2) is 5.16 Å². The van der Waals surface area contributed by atoms with Crippen LogP contribution in [0.25, 0.3) is 0 Å². The summed E-state index contributed by atoms with van der Waals surface area (Å²) < 4.78 is 2.08. The van der Waals surface area contributed by atoms with Crippen LogP contribution in [0.1, 0.15) is 29.4 Å². The summed E-state index contributed by atoms with van der Waals surface area (Å²) in [7, 11) is 0. The van der Waals surface area contributed by atoms with Crippen LogP contribution in [0, 0.1) is 6.92 Å². The van der Waals surface area contributed by atoms with E-state index in [2.05, 4.69) is 45.1 Å². The summed E-state index contributed by atoms with van der Waals surface area (Å²) in [6, 6.07) is 18.6. The van der Waals surface area contributed by atoms with Gasteiger partial charge in [0.25, 0.3) is 0 Å². The predicted molar refractivity (Wildman–Crippen MR) is 111 cm³/mol. The normalized spacial score (nSPS) is 14.6. The van der Waals surface area contributed by atoms with Crippen LogP contribution >= 0.6 is 11.8 Å². The van der Waals surface area contributed by atoms with Gasteiger partial charge in [0, 0.05) is 13.1 Å². The van der Waals surface area contributed by atoms with Crippen molar-refractivity contribution in [3.8, 4) is 0 Å². The molecule has 0 aliphatic carbocycles. The van der Waals surface area contributed by atoms with Crippen molar-refractivity contribution in [3.63, 3.8) is 0 Å².